The van der Waals surface area contributed by atoms with E-state index >= 15 is 0 Å². The van der Waals surface area contributed by atoms with Gasteiger partial charge in [-0.25, -0.2) is 4.39 Å². The monoisotopic (exact) mass is 265 g/mol. The molecule has 0 unspecified atom stereocenters. The van der Waals surface area contributed by atoms with E-state index in [0.717, 1.165) is 12.1 Å². The van der Waals surface area contributed by atoms with Crippen LogP contribution in [0.4, 0.5) is 10.1 Å². The maximum absolute atomic E-state index is 13.1. The lowest BCUT2D eigenvalue weighted by Gasteiger charge is -2.05. The predicted molar refractivity (Wildman–Crippen MR) is 67.4 cm³/mol. The molecule has 0 saturated heterocycles. The van der Waals surface area contributed by atoms with Crippen LogP contribution < -0.4 is 0 Å². The van der Waals surface area contributed by atoms with Gasteiger partial charge in [0.15, 0.2) is 0 Å². The maximum atomic E-state index is 13.1. The van der Waals surface area contributed by atoms with Crippen LogP contribution >= 0.6 is 12.6 Å². The van der Waals surface area contributed by atoms with Gasteiger partial charge in [0, 0.05) is 11.6 Å². The number of phenols is 1. The zero-order chi connectivity index (χ0) is 13.3. The maximum Gasteiger partial charge on any atom is 0.283 e. The normalized spacial score (nSPS) is 10.3. The number of hydrogen-bond acceptors (Lipinski definition) is 4. The minimum atomic E-state index is -0.581. The fourth-order valence-electron chi connectivity index (χ4n) is 1.58. The van der Waals surface area contributed by atoms with Crippen LogP contribution in [0, 0.1) is 15.9 Å². The molecule has 0 fully saturated rings. The molecule has 1 N–H and O–H groups in total. The zero-order valence-corrected chi connectivity index (χ0v) is 9.89. The topological polar surface area (TPSA) is 63.4 Å². The van der Waals surface area contributed by atoms with Crippen LogP contribution in [0.25, 0.3) is 11.1 Å². The largest absolute Gasteiger partial charge is 0.507 e. The van der Waals surface area contributed by atoms with Gasteiger partial charge >= 0.3 is 0 Å². The highest BCUT2D eigenvalue weighted by molar-refractivity contribution is 7.80. The van der Waals surface area contributed by atoms with Gasteiger partial charge in [-0.15, -0.1) is 12.6 Å². The molecule has 0 aromatic heterocycles. The molecule has 4 nitrogen and oxygen atoms in total. The molecule has 0 spiro atoms. The van der Waals surface area contributed by atoms with Crippen LogP contribution in [0.3, 0.4) is 0 Å². The van der Waals surface area contributed by atoms with E-state index in [1.54, 1.807) is 0 Å². The standard InChI is InChI=1S/C12H8FNO3S/c13-8-2-3-11(15)9(6-8)7-1-4-12(18)10(5-7)14(16)17/h1-6,15,18H. The number of nitro groups is 1. The fourth-order valence-corrected chi connectivity index (χ4v) is 1.80. The lowest BCUT2D eigenvalue weighted by atomic mass is 10.0. The quantitative estimate of drug-likeness (QED) is 0.497. The number of aromatic hydroxyl groups is 1. The SMILES string of the molecule is O=[N+]([O-])c1cc(-c2cc(F)ccc2O)ccc1S. The second kappa shape index (κ2) is 4.66. The molecule has 2 aromatic rings. The van der Waals surface area contributed by atoms with Gasteiger partial charge in [0.25, 0.3) is 5.69 Å². The molecule has 0 aliphatic heterocycles. The lowest BCUT2D eigenvalue weighted by molar-refractivity contribution is -0.387. The van der Waals surface area contributed by atoms with Crippen molar-refractivity contribution < 1.29 is 14.4 Å². The summed E-state index contributed by atoms with van der Waals surface area (Å²) in [5, 5.41) is 20.4. The van der Waals surface area contributed by atoms with Gasteiger partial charge in [-0.3, -0.25) is 10.1 Å². The van der Waals surface area contributed by atoms with Gasteiger partial charge in [-0.1, -0.05) is 6.07 Å². The number of rotatable bonds is 2. The summed E-state index contributed by atoms with van der Waals surface area (Å²) >= 11 is 3.96. The number of thiol groups is 1. The average molecular weight is 265 g/mol. The summed E-state index contributed by atoms with van der Waals surface area (Å²) in [6, 6.07) is 7.64. The molecule has 0 atom stereocenters. The number of phenolic OH excluding ortho intramolecular Hbond substituents is 1. The molecule has 2 aromatic carbocycles. The fraction of sp³-hybridized carbons (Fsp3) is 0. The van der Waals surface area contributed by atoms with Crippen molar-refractivity contribution in [1.82, 2.24) is 0 Å². The van der Waals surface area contributed by atoms with Crippen LogP contribution in [-0.4, -0.2) is 10.0 Å². The summed E-state index contributed by atoms with van der Waals surface area (Å²) in [4.78, 5) is 10.4. The number of benzene rings is 2. The van der Waals surface area contributed by atoms with Gasteiger partial charge in [-0.2, -0.15) is 0 Å². The Labute approximate surface area is 107 Å². The third kappa shape index (κ3) is 2.28. The van der Waals surface area contributed by atoms with E-state index in [1.807, 2.05) is 0 Å². The van der Waals surface area contributed by atoms with E-state index in [-0.39, 0.29) is 21.9 Å². The Hall–Kier alpha value is -2.08. The number of hydrogen-bond donors (Lipinski definition) is 2. The van der Waals surface area contributed by atoms with Gasteiger partial charge in [-0.05, 0) is 29.8 Å². The second-order valence-electron chi connectivity index (χ2n) is 3.62. The summed E-state index contributed by atoms with van der Waals surface area (Å²) in [6.07, 6.45) is 0. The van der Waals surface area contributed by atoms with Gasteiger partial charge in [0.05, 0.1) is 9.82 Å². The predicted octanol–water partition coefficient (Wildman–Crippen LogP) is 3.40. The molecule has 92 valence electrons. The van der Waals surface area contributed by atoms with E-state index in [4.69, 9.17) is 0 Å². The van der Waals surface area contributed by atoms with Crippen molar-refractivity contribution in [3.8, 4) is 16.9 Å². The molecule has 0 amide bonds. The first-order valence-electron chi connectivity index (χ1n) is 4.95. The first-order chi connectivity index (χ1) is 8.49. The average Bonchev–Trinajstić information content (AvgIpc) is 2.33. The van der Waals surface area contributed by atoms with Crippen LogP contribution in [-0.2, 0) is 0 Å². The van der Waals surface area contributed by atoms with Crippen molar-refractivity contribution in [3.63, 3.8) is 0 Å². The zero-order valence-electron chi connectivity index (χ0n) is 9.00. The van der Waals surface area contributed by atoms with Crippen molar-refractivity contribution in [2.75, 3.05) is 0 Å². The number of nitro benzene ring substituents is 1. The van der Waals surface area contributed by atoms with Crippen molar-refractivity contribution in [3.05, 3.63) is 52.3 Å². The molecule has 0 heterocycles. The van der Waals surface area contributed by atoms with Crippen LogP contribution in [0.5, 0.6) is 5.75 Å². The molecule has 18 heavy (non-hydrogen) atoms. The van der Waals surface area contributed by atoms with E-state index in [9.17, 15) is 19.6 Å². The molecular formula is C12H8FNO3S. The third-order valence-electron chi connectivity index (χ3n) is 2.44. The Bertz CT molecular complexity index is 631. The first-order valence-corrected chi connectivity index (χ1v) is 5.40. The number of nitrogens with zero attached hydrogens (tertiary/aromatic N) is 1. The highest BCUT2D eigenvalue weighted by atomic mass is 32.1. The smallest absolute Gasteiger partial charge is 0.283 e. The Morgan fingerprint density at radius 3 is 2.61 bits per heavy atom. The summed E-state index contributed by atoms with van der Waals surface area (Å²) < 4.78 is 13.1. The van der Waals surface area contributed by atoms with Gasteiger partial charge in [0.1, 0.15) is 11.6 Å². The van der Waals surface area contributed by atoms with Crippen LogP contribution in [0.2, 0.25) is 0 Å². The molecule has 2 rings (SSSR count). The summed E-state index contributed by atoms with van der Waals surface area (Å²) in [5.74, 6) is -0.669. The van der Waals surface area contributed by atoms with E-state index in [1.165, 1.54) is 24.3 Å². The summed E-state index contributed by atoms with van der Waals surface area (Å²) in [5.41, 5.74) is 0.363. The Morgan fingerprint density at radius 1 is 1.22 bits per heavy atom. The van der Waals surface area contributed by atoms with Crippen molar-refractivity contribution in [2.24, 2.45) is 0 Å². The molecule has 0 aliphatic rings. The third-order valence-corrected chi connectivity index (χ3v) is 2.82. The second-order valence-corrected chi connectivity index (χ2v) is 4.10. The Kier molecular flexibility index (Phi) is 3.20. The summed E-state index contributed by atoms with van der Waals surface area (Å²) in [7, 11) is 0. The Balaban J connectivity index is 2.61. The summed E-state index contributed by atoms with van der Waals surface area (Å²) in [6.45, 7) is 0. The Morgan fingerprint density at radius 2 is 1.94 bits per heavy atom. The van der Waals surface area contributed by atoms with Crippen LogP contribution in [0.1, 0.15) is 0 Å². The van der Waals surface area contributed by atoms with Crippen molar-refractivity contribution in [2.45, 2.75) is 4.90 Å². The number of halogens is 1. The van der Waals surface area contributed by atoms with Gasteiger partial charge < -0.3 is 5.11 Å². The highest BCUT2D eigenvalue weighted by Crippen LogP contribution is 2.34. The molecule has 0 radical (unpaired) electrons. The minimum absolute atomic E-state index is 0.141. The molecule has 0 saturated carbocycles. The molecular weight excluding hydrogens is 257 g/mol. The van der Waals surface area contributed by atoms with Crippen LogP contribution in [0.15, 0.2) is 41.3 Å². The highest BCUT2D eigenvalue weighted by Gasteiger charge is 2.14. The van der Waals surface area contributed by atoms with Crippen molar-refractivity contribution in [1.29, 1.82) is 0 Å². The first kappa shape index (κ1) is 12.4. The molecule has 0 bridgehead atoms. The lowest BCUT2D eigenvalue weighted by Crippen LogP contribution is -1.91. The van der Waals surface area contributed by atoms with E-state index in [0.29, 0.717) is 5.56 Å². The van der Waals surface area contributed by atoms with E-state index < -0.39 is 10.7 Å². The molecule has 0 aliphatic carbocycles. The molecule has 6 heteroatoms. The van der Waals surface area contributed by atoms with Crippen molar-refractivity contribution >= 4 is 18.3 Å². The van der Waals surface area contributed by atoms with Gasteiger partial charge in [0.2, 0.25) is 0 Å². The van der Waals surface area contributed by atoms with E-state index in [2.05, 4.69) is 12.6 Å². The minimum Gasteiger partial charge on any atom is -0.507 e.